The molecule has 2 N–H and O–H groups in total. The highest BCUT2D eigenvalue weighted by Crippen LogP contribution is 2.24. The van der Waals surface area contributed by atoms with Gasteiger partial charge in [-0.15, -0.1) is 0 Å². The van der Waals surface area contributed by atoms with Crippen LogP contribution in [0, 0.1) is 0 Å². The van der Waals surface area contributed by atoms with Crippen LogP contribution >= 0.6 is 0 Å². The van der Waals surface area contributed by atoms with Gasteiger partial charge in [-0.25, -0.2) is 0 Å². The SMILES string of the molecule is CNC1NC=CC=C1c1ccc2ccccc2c1. The van der Waals surface area contributed by atoms with E-state index in [0.717, 1.165) is 0 Å². The first-order valence-corrected chi connectivity index (χ1v) is 6.18. The van der Waals surface area contributed by atoms with Crippen molar-refractivity contribution >= 4 is 16.3 Å². The Morgan fingerprint density at radius 1 is 1.06 bits per heavy atom. The van der Waals surface area contributed by atoms with Gasteiger partial charge in [0.15, 0.2) is 0 Å². The Hall–Kier alpha value is -2.06. The Kier molecular flexibility index (Phi) is 2.87. The topological polar surface area (TPSA) is 24.1 Å². The van der Waals surface area contributed by atoms with Crippen molar-refractivity contribution in [2.75, 3.05) is 7.05 Å². The number of hydrogen-bond acceptors (Lipinski definition) is 2. The lowest BCUT2D eigenvalue weighted by Crippen LogP contribution is -2.39. The molecule has 2 heteroatoms. The Bertz CT molecular complexity index is 626. The van der Waals surface area contributed by atoms with Crippen molar-refractivity contribution in [3.63, 3.8) is 0 Å². The number of benzene rings is 2. The van der Waals surface area contributed by atoms with Crippen LogP contribution in [0.5, 0.6) is 0 Å². The summed E-state index contributed by atoms with van der Waals surface area (Å²) >= 11 is 0. The molecule has 1 aliphatic heterocycles. The number of nitrogens with one attached hydrogen (secondary N) is 2. The van der Waals surface area contributed by atoms with Crippen molar-refractivity contribution in [2.24, 2.45) is 0 Å². The number of rotatable bonds is 2. The van der Waals surface area contributed by atoms with Crippen molar-refractivity contribution in [1.29, 1.82) is 0 Å². The van der Waals surface area contributed by atoms with E-state index in [4.69, 9.17) is 0 Å². The fourth-order valence-electron chi connectivity index (χ4n) is 2.36. The summed E-state index contributed by atoms with van der Waals surface area (Å²) in [7, 11) is 1.96. The summed E-state index contributed by atoms with van der Waals surface area (Å²) in [5, 5.41) is 9.13. The van der Waals surface area contributed by atoms with Crippen LogP contribution in [0.4, 0.5) is 0 Å². The zero-order valence-corrected chi connectivity index (χ0v) is 10.4. The first kappa shape index (κ1) is 11.1. The number of hydrogen-bond donors (Lipinski definition) is 2. The molecule has 2 aromatic carbocycles. The maximum absolute atomic E-state index is 3.31. The predicted molar refractivity (Wildman–Crippen MR) is 77.0 cm³/mol. The quantitative estimate of drug-likeness (QED) is 0.837. The van der Waals surface area contributed by atoms with Gasteiger partial charge in [0.05, 0.1) is 0 Å². The summed E-state index contributed by atoms with van der Waals surface area (Å²) in [5.41, 5.74) is 2.52. The van der Waals surface area contributed by atoms with E-state index in [9.17, 15) is 0 Å². The highest BCUT2D eigenvalue weighted by molar-refractivity contribution is 5.87. The van der Waals surface area contributed by atoms with Crippen LogP contribution in [0.3, 0.4) is 0 Å². The minimum absolute atomic E-state index is 0.177. The lowest BCUT2D eigenvalue weighted by atomic mass is 9.98. The Labute approximate surface area is 107 Å². The van der Waals surface area contributed by atoms with E-state index >= 15 is 0 Å². The highest BCUT2D eigenvalue weighted by Gasteiger charge is 2.14. The van der Waals surface area contributed by atoms with Crippen LogP contribution in [0.25, 0.3) is 16.3 Å². The molecule has 0 bridgehead atoms. The third-order valence-corrected chi connectivity index (χ3v) is 3.32. The van der Waals surface area contributed by atoms with Crippen LogP contribution in [0.15, 0.2) is 60.8 Å². The molecule has 1 unspecified atom stereocenters. The third kappa shape index (κ3) is 1.91. The van der Waals surface area contributed by atoms with Crippen molar-refractivity contribution in [1.82, 2.24) is 10.6 Å². The lowest BCUT2D eigenvalue weighted by Gasteiger charge is -2.23. The molecule has 0 saturated heterocycles. The first-order chi connectivity index (χ1) is 8.88. The van der Waals surface area contributed by atoms with Gasteiger partial charge in [0.1, 0.15) is 6.17 Å². The summed E-state index contributed by atoms with van der Waals surface area (Å²) < 4.78 is 0. The first-order valence-electron chi connectivity index (χ1n) is 6.18. The van der Waals surface area contributed by atoms with E-state index in [1.165, 1.54) is 21.9 Å². The fourth-order valence-corrected chi connectivity index (χ4v) is 2.36. The summed E-state index contributed by atoms with van der Waals surface area (Å²) in [6.07, 6.45) is 6.34. The molecule has 3 rings (SSSR count). The third-order valence-electron chi connectivity index (χ3n) is 3.32. The van der Waals surface area contributed by atoms with Gasteiger partial charge >= 0.3 is 0 Å². The van der Waals surface area contributed by atoms with Gasteiger partial charge in [0.25, 0.3) is 0 Å². The molecule has 18 heavy (non-hydrogen) atoms. The molecule has 0 saturated carbocycles. The van der Waals surface area contributed by atoms with E-state index < -0.39 is 0 Å². The van der Waals surface area contributed by atoms with Gasteiger partial charge in [0.2, 0.25) is 0 Å². The van der Waals surface area contributed by atoms with E-state index in [-0.39, 0.29) is 6.17 Å². The predicted octanol–water partition coefficient (Wildman–Crippen LogP) is 2.89. The Balaban J connectivity index is 2.08. The van der Waals surface area contributed by atoms with Crippen LogP contribution in [0.2, 0.25) is 0 Å². The monoisotopic (exact) mass is 236 g/mol. The largest absolute Gasteiger partial charge is 0.372 e. The normalized spacial score (nSPS) is 18.5. The molecule has 1 heterocycles. The zero-order valence-electron chi connectivity index (χ0n) is 10.4. The maximum Gasteiger partial charge on any atom is 0.103 e. The standard InChI is InChI=1S/C16H16N2/c1-17-16-15(7-4-10-18-16)14-9-8-12-5-2-3-6-13(12)11-14/h2-11,16-18H,1H3. The number of allylic oxidation sites excluding steroid dienone is 2. The van der Waals surface area contributed by atoms with Crippen LogP contribution in [-0.2, 0) is 0 Å². The van der Waals surface area contributed by atoms with E-state index in [1.54, 1.807) is 0 Å². The minimum Gasteiger partial charge on any atom is -0.372 e. The maximum atomic E-state index is 3.31. The molecule has 2 nitrogen and oxygen atoms in total. The molecule has 90 valence electrons. The molecule has 2 aromatic rings. The highest BCUT2D eigenvalue weighted by atomic mass is 15.1. The fraction of sp³-hybridized carbons (Fsp3) is 0.125. The number of likely N-dealkylation sites (N-methyl/N-ethyl adjacent to an activating group) is 1. The van der Waals surface area contributed by atoms with E-state index in [2.05, 4.69) is 59.2 Å². The van der Waals surface area contributed by atoms with E-state index in [0.29, 0.717) is 0 Å². The summed E-state index contributed by atoms with van der Waals surface area (Å²) in [6, 6.07) is 15.0. The minimum atomic E-state index is 0.177. The molecule has 0 aromatic heterocycles. The molecule has 1 atom stereocenters. The molecule has 0 aliphatic carbocycles. The van der Waals surface area contributed by atoms with Crippen LogP contribution < -0.4 is 10.6 Å². The number of fused-ring (bicyclic) bond motifs is 1. The number of dihydropyridines is 1. The Morgan fingerprint density at radius 2 is 1.89 bits per heavy atom. The van der Waals surface area contributed by atoms with Gasteiger partial charge in [0, 0.05) is 0 Å². The molecule has 0 spiro atoms. The summed E-state index contributed by atoms with van der Waals surface area (Å²) in [6.45, 7) is 0. The van der Waals surface area contributed by atoms with Gasteiger partial charge in [-0.2, -0.15) is 0 Å². The zero-order chi connectivity index (χ0) is 12.4. The van der Waals surface area contributed by atoms with Crippen LogP contribution in [-0.4, -0.2) is 13.2 Å². The second-order valence-electron chi connectivity index (χ2n) is 4.43. The van der Waals surface area contributed by atoms with Gasteiger partial charge in [-0.1, -0.05) is 42.5 Å². The average molecular weight is 236 g/mol. The van der Waals surface area contributed by atoms with Gasteiger partial charge in [-0.05, 0) is 47.3 Å². The molecule has 1 aliphatic rings. The van der Waals surface area contributed by atoms with Gasteiger partial charge < -0.3 is 5.32 Å². The summed E-state index contributed by atoms with van der Waals surface area (Å²) in [4.78, 5) is 0. The van der Waals surface area contributed by atoms with Gasteiger partial charge in [-0.3, -0.25) is 5.32 Å². The average Bonchev–Trinajstić information content (AvgIpc) is 2.46. The van der Waals surface area contributed by atoms with Crippen molar-refractivity contribution in [3.05, 3.63) is 66.4 Å². The lowest BCUT2D eigenvalue weighted by molar-refractivity contribution is 0.622. The summed E-state index contributed by atoms with van der Waals surface area (Å²) in [5.74, 6) is 0. The second kappa shape index (κ2) is 4.67. The van der Waals surface area contributed by atoms with Crippen molar-refractivity contribution in [3.8, 4) is 0 Å². The Morgan fingerprint density at radius 3 is 2.72 bits per heavy atom. The van der Waals surface area contributed by atoms with Crippen molar-refractivity contribution in [2.45, 2.75) is 6.17 Å². The molecule has 0 fully saturated rings. The molecule has 0 amide bonds. The molecular weight excluding hydrogens is 220 g/mol. The molecular formula is C16H16N2. The van der Waals surface area contributed by atoms with Crippen LogP contribution in [0.1, 0.15) is 5.56 Å². The van der Waals surface area contributed by atoms with E-state index in [1.807, 2.05) is 19.3 Å². The van der Waals surface area contributed by atoms with Crippen molar-refractivity contribution < 1.29 is 0 Å². The molecule has 0 radical (unpaired) electrons. The second-order valence-corrected chi connectivity index (χ2v) is 4.43. The smallest absolute Gasteiger partial charge is 0.103 e.